The first kappa shape index (κ1) is 11.3. The van der Waals surface area contributed by atoms with Crippen LogP contribution >= 0.6 is 12.4 Å². The number of methoxy groups -OCH3 is 1. The fourth-order valence-corrected chi connectivity index (χ4v) is 1.82. The van der Waals surface area contributed by atoms with Crippen LogP contribution in [0.1, 0.15) is 18.9 Å². The summed E-state index contributed by atoms with van der Waals surface area (Å²) in [5.74, 6) is 0.956. The maximum Gasteiger partial charge on any atom is 0.122 e. The smallest absolute Gasteiger partial charge is 0.122 e. The van der Waals surface area contributed by atoms with Crippen LogP contribution < -0.4 is 10.5 Å². The number of benzene rings is 1. The maximum absolute atomic E-state index is 5.90. The van der Waals surface area contributed by atoms with Crippen LogP contribution in [0.2, 0.25) is 0 Å². The summed E-state index contributed by atoms with van der Waals surface area (Å²) in [5, 5.41) is 0. The molecule has 0 heterocycles. The first-order chi connectivity index (χ1) is 6.18. The average molecular weight is 214 g/mol. The van der Waals surface area contributed by atoms with Gasteiger partial charge in [0.25, 0.3) is 0 Å². The minimum Gasteiger partial charge on any atom is -0.496 e. The molecule has 0 aromatic heterocycles. The first-order valence-electron chi connectivity index (χ1n) is 4.57. The lowest BCUT2D eigenvalue weighted by Crippen LogP contribution is -2.15. The highest BCUT2D eigenvalue weighted by Gasteiger charge is 2.50. The van der Waals surface area contributed by atoms with Crippen LogP contribution in [0, 0.1) is 0 Å². The van der Waals surface area contributed by atoms with E-state index in [1.807, 2.05) is 18.2 Å². The van der Waals surface area contributed by atoms with Crippen molar-refractivity contribution < 1.29 is 4.74 Å². The molecule has 2 N–H and O–H groups in total. The van der Waals surface area contributed by atoms with Gasteiger partial charge < -0.3 is 10.5 Å². The van der Waals surface area contributed by atoms with Gasteiger partial charge in [-0.05, 0) is 12.5 Å². The Morgan fingerprint density at radius 2 is 2.00 bits per heavy atom. The molecule has 0 radical (unpaired) electrons. The molecule has 0 bridgehead atoms. The third-order valence-electron chi connectivity index (χ3n) is 3.02. The van der Waals surface area contributed by atoms with Gasteiger partial charge in [-0.1, -0.05) is 25.1 Å². The second kappa shape index (κ2) is 3.79. The van der Waals surface area contributed by atoms with Crippen molar-refractivity contribution in [3.63, 3.8) is 0 Å². The summed E-state index contributed by atoms with van der Waals surface area (Å²) in [6, 6.07) is 8.41. The van der Waals surface area contributed by atoms with Crippen LogP contribution in [0.5, 0.6) is 5.75 Å². The SMILES string of the molecule is COc1ccccc1C1(C)CC1N.Cl. The van der Waals surface area contributed by atoms with E-state index < -0.39 is 0 Å². The molecule has 1 aliphatic rings. The molecule has 14 heavy (non-hydrogen) atoms. The Balaban J connectivity index is 0.000000980. The van der Waals surface area contributed by atoms with Crippen LogP contribution in [0.4, 0.5) is 0 Å². The van der Waals surface area contributed by atoms with Gasteiger partial charge >= 0.3 is 0 Å². The molecular formula is C11H16ClNO. The highest BCUT2D eigenvalue weighted by Crippen LogP contribution is 2.49. The monoisotopic (exact) mass is 213 g/mol. The summed E-state index contributed by atoms with van der Waals surface area (Å²) >= 11 is 0. The zero-order valence-corrected chi connectivity index (χ0v) is 9.30. The Morgan fingerprint density at radius 3 is 2.50 bits per heavy atom. The summed E-state index contributed by atoms with van der Waals surface area (Å²) in [5.41, 5.74) is 7.29. The van der Waals surface area contributed by atoms with Gasteiger partial charge in [0.15, 0.2) is 0 Å². The topological polar surface area (TPSA) is 35.2 Å². The number of ether oxygens (including phenoxy) is 1. The second-order valence-corrected chi connectivity index (χ2v) is 3.93. The third-order valence-corrected chi connectivity index (χ3v) is 3.02. The Hall–Kier alpha value is -0.730. The van der Waals surface area contributed by atoms with E-state index >= 15 is 0 Å². The molecule has 0 amide bonds. The first-order valence-corrected chi connectivity index (χ1v) is 4.57. The van der Waals surface area contributed by atoms with Crippen molar-refractivity contribution in [1.82, 2.24) is 0 Å². The maximum atomic E-state index is 5.90. The minimum atomic E-state index is 0. The lowest BCUT2D eigenvalue weighted by molar-refractivity contribution is 0.405. The van der Waals surface area contributed by atoms with Gasteiger partial charge in [-0.15, -0.1) is 12.4 Å². The summed E-state index contributed by atoms with van der Waals surface area (Å²) in [4.78, 5) is 0. The molecular weight excluding hydrogens is 198 g/mol. The highest BCUT2D eigenvalue weighted by atomic mass is 35.5. The molecule has 2 rings (SSSR count). The van der Waals surface area contributed by atoms with E-state index in [2.05, 4.69) is 13.0 Å². The van der Waals surface area contributed by atoms with E-state index in [0.717, 1.165) is 12.2 Å². The molecule has 2 nitrogen and oxygen atoms in total. The van der Waals surface area contributed by atoms with E-state index in [1.54, 1.807) is 7.11 Å². The van der Waals surface area contributed by atoms with Crippen molar-refractivity contribution in [2.24, 2.45) is 5.73 Å². The predicted molar refractivity (Wildman–Crippen MR) is 60.2 cm³/mol. The van der Waals surface area contributed by atoms with Gasteiger partial charge in [-0.25, -0.2) is 0 Å². The zero-order chi connectivity index (χ0) is 9.47. The van der Waals surface area contributed by atoms with Crippen LogP contribution in [-0.4, -0.2) is 13.2 Å². The van der Waals surface area contributed by atoms with Gasteiger partial charge in [-0.2, -0.15) is 0 Å². The molecule has 0 aliphatic heterocycles. The largest absolute Gasteiger partial charge is 0.496 e. The Kier molecular flexibility index (Phi) is 3.07. The van der Waals surface area contributed by atoms with Gasteiger partial charge in [0.1, 0.15) is 5.75 Å². The predicted octanol–water partition coefficient (Wildman–Crippen LogP) is 2.11. The van der Waals surface area contributed by atoms with Crippen LogP contribution in [0.3, 0.4) is 0 Å². The molecule has 1 fully saturated rings. The van der Waals surface area contributed by atoms with Gasteiger partial charge in [-0.3, -0.25) is 0 Å². The number of halogens is 1. The number of hydrogen-bond donors (Lipinski definition) is 1. The molecule has 78 valence electrons. The van der Waals surface area contributed by atoms with Crippen molar-refractivity contribution in [3.05, 3.63) is 29.8 Å². The third kappa shape index (κ3) is 1.60. The molecule has 2 unspecified atom stereocenters. The number of para-hydroxylation sites is 1. The summed E-state index contributed by atoms with van der Waals surface area (Å²) in [7, 11) is 1.70. The minimum absolute atomic E-state index is 0. The normalized spacial score (nSPS) is 29.2. The number of rotatable bonds is 2. The van der Waals surface area contributed by atoms with E-state index in [-0.39, 0.29) is 17.8 Å². The lowest BCUT2D eigenvalue weighted by Gasteiger charge is -2.14. The van der Waals surface area contributed by atoms with E-state index in [9.17, 15) is 0 Å². The van der Waals surface area contributed by atoms with Gasteiger partial charge in [0.05, 0.1) is 7.11 Å². The van der Waals surface area contributed by atoms with E-state index in [0.29, 0.717) is 6.04 Å². The second-order valence-electron chi connectivity index (χ2n) is 3.93. The van der Waals surface area contributed by atoms with E-state index in [4.69, 9.17) is 10.5 Å². The molecule has 3 heteroatoms. The Labute approximate surface area is 90.9 Å². The summed E-state index contributed by atoms with van der Waals surface area (Å²) in [6.45, 7) is 2.19. The van der Waals surface area contributed by atoms with Crippen LogP contribution in [0.15, 0.2) is 24.3 Å². The Bertz CT molecular complexity index is 329. The molecule has 1 saturated carbocycles. The zero-order valence-electron chi connectivity index (χ0n) is 8.49. The Morgan fingerprint density at radius 1 is 1.43 bits per heavy atom. The fraction of sp³-hybridized carbons (Fsp3) is 0.455. The number of hydrogen-bond acceptors (Lipinski definition) is 2. The van der Waals surface area contributed by atoms with Crippen molar-refractivity contribution in [1.29, 1.82) is 0 Å². The molecule has 0 saturated heterocycles. The number of nitrogens with two attached hydrogens (primary N) is 1. The van der Waals surface area contributed by atoms with Crippen molar-refractivity contribution in [2.45, 2.75) is 24.8 Å². The van der Waals surface area contributed by atoms with Gasteiger partial charge in [0.2, 0.25) is 0 Å². The van der Waals surface area contributed by atoms with Crippen molar-refractivity contribution in [3.8, 4) is 5.75 Å². The highest BCUT2D eigenvalue weighted by molar-refractivity contribution is 5.85. The quantitative estimate of drug-likeness (QED) is 0.817. The molecule has 1 aromatic carbocycles. The molecule has 2 atom stereocenters. The fourth-order valence-electron chi connectivity index (χ4n) is 1.82. The lowest BCUT2D eigenvalue weighted by atomic mass is 9.96. The van der Waals surface area contributed by atoms with Crippen LogP contribution in [-0.2, 0) is 5.41 Å². The molecule has 1 aliphatic carbocycles. The van der Waals surface area contributed by atoms with Gasteiger partial charge in [0, 0.05) is 17.0 Å². The summed E-state index contributed by atoms with van der Waals surface area (Å²) in [6.07, 6.45) is 1.06. The summed E-state index contributed by atoms with van der Waals surface area (Å²) < 4.78 is 5.30. The van der Waals surface area contributed by atoms with Crippen molar-refractivity contribution >= 4 is 12.4 Å². The van der Waals surface area contributed by atoms with Crippen LogP contribution in [0.25, 0.3) is 0 Å². The standard InChI is InChI=1S/C11H15NO.ClH/c1-11(7-10(11)12)8-5-3-4-6-9(8)13-2;/h3-6,10H,7,12H2,1-2H3;1H. The molecule has 1 aromatic rings. The van der Waals surface area contributed by atoms with Crippen molar-refractivity contribution in [2.75, 3.05) is 7.11 Å². The van der Waals surface area contributed by atoms with E-state index in [1.165, 1.54) is 5.56 Å². The molecule has 0 spiro atoms. The average Bonchev–Trinajstić information content (AvgIpc) is 2.76.